The van der Waals surface area contributed by atoms with Crippen LogP contribution in [0.3, 0.4) is 0 Å². The van der Waals surface area contributed by atoms with Crippen LogP contribution in [0.4, 0.5) is 13.2 Å². The van der Waals surface area contributed by atoms with Gasteiger partial charge in [0.2, 0.25) is 0 Å². The molecule has 0 bridgehead atoms. The third-order valence-corrected chi connectivity index (χ3v) is 2.67. The van der Waals surface area contributed by atoms with Crippen molar-refractivity contribution < 1.29 is 22.6 Å². The van der Waals surface area contributed by atoms with Crippen molar-refractivity contribution in [2.45, 2.75) is 25.1 Å². The third kappa shape index (κ3) is 3.07. The van der Waals surface area contributed by atoms with Crippen LogP contribution < -0.4 is 15.2 Å². The smallest absolute Gasteiger partial charge is 0.406 e. The number of benzene rings is 1. The second kappa shape index (κ2) is 5.06. The zero-order valence-corrected chi connectivity index (χ0v) is 10.5. The Morgan fingerprint density at radius 2 is 1.67 bits per heavy atom. The highest BCUT2D eigenvalue weighted by Gasteiger charge is 2.47. The van der Waals surface area contributed by atoms with E-state index in [1.807, 2.05) is 0 Å². The van der Waals surface area contributed by atoms with Gasteiger partial charge in [-0.3, -0.25) is 0 Å². The van der Waals surface area contributed by atoms with E-state index >= 15 is 0 Å². The lowest BCUT2D eigenvalue weighted by atomic mass is 9.93. The Bertz CT molecular complexity index is 416. The molecular weight excluding hydrogens is 247 g/mol. The summed E-state index contributed by atoms with van der Waals surface area (Å²) in [5.41, 5.74) is 3.46. The van der Waals surface area contributed by atoms with E-state index in [0.29, 0.717) is 17.1 Å². The predicted molar refractivity (Wildman–Crippen MR) is 61.9 cm³/mol. The number of nitrogens with two attached hydrogens (primary N) is 1. The molecular formula is C12H16F3NO2. The Morgan fingerprint density at radius 3 is 2.11 bits per heavy atom. The Morgan fingerprint density at radius 1 is 1.11 bits per heavy atom. The predicted octanol–water partition coefficient (Wildman–Crippen LogP) is 2.53. The first-order chi connectivity index (χ1) is 8.21. The van der Waals surface area contributed by atoms with Crippen LogP contribution in [-0.4, -0.2) is 25.9 Å². The number of rotatable bonds is 4. The fourth-order valence-corrected chi connectivity index (χ4v) is 1.51. The van der Waals surface area contributed by atoms with Gasteiger partial charge in [-0.25, -0.2) is 0 Å². The molecule has 18 heavy (non-hydrogen) atoms. The highest BCUT2D eigenvalue weighted by atomic mass is 19.4. The Hall–Kier alpha value is -1.43. The summed E-state index contributed by atoms with van der Waals surface area (Å²) in [4.78, 5) is 0. The number of methoxy groups -OCH3 is 2. The largest absolute Gasteiger partial charge is 0.493 e. The van der Waals surface area contributed by atoms with Crippen molar-refractivity contribution in [2.24, 2.45) is 5.73 Å². The molecule has 0 aliphatic rings. The standard InChI is InChI=1S/C12H16F3NO2/c1-11(16,12(13,14)15)7-8-4-5-9(17-2)10(6-8)18-3/h4-6H,7,16H2,1-3H3. The van der Waals surface area contributed by atoms with Gasteiger partial charge in [0.1, 0.15) is 5.54 Å². The van der Waals surface area contributed by atoms with E-state index in [9.17, 15) is 13.2 Å². The van der Waals surface area contributed by atoms with Gasteiger partial charge in [0, 0.05) is 0 Å². The van der Waals surface area contributed by atoms with E-state index in [2.05, 4.69) is 0 Å². The van der Waals surface area contributed by atoms with Crippen LogP contribution in [0.2, 0.25) is 0 Å². The zero-order valence-electron chi connectivity index (χ0n) is 10.5. The van der Waals surface area contributed by atoms with Gasteiger partial charge >= 0.3 is 6.18 Å². The number of hydrogen-bond acceptors (Lipinski definition) is 3. The Balaban J connectivity index is 2.99. The minimum atomic E-state index is -4.46. The Labute approximate surface area is 104 Å². The first kappa shape index (κ1) is 14.6. The van der Waals surface area contributed by atoms with Crippen LogP contribution in [0.15, 0.2) is 18.2 Å². The van der Waals surface area contributed by atoms with Crippen molar-refractivity contribution in [3.63, 3.8) is 0 Å². The molecule has 0 heterocycles. The lowest BCUT2D eigenvalue weighted by Crippen LogP contribution is -2.52. The first-order valence-electron chi connectivity index (χ1n) is 5.28. The van der Waals surface area contributed by atoms with E-state index in [0.717, 1.165) is 6.92 Å². The summed E-state index contributed by atoms with van der Waals surface area (Å²) in [5.74, 6) is 0.847. The molecule has 0 aromatic heterocycles. The molecule has 0 fully saturated rings. The molecule has 0 spiro atoms. The summed E-state index contributed by atoms with van der Waals surface area (Å²) in [6.45, 7) is 0.962. The second-order valence-corrected chi connectivity index (χ2v) is 4.28. The average molecular weight is 263 g/mol. The quantitative estimate of drug-likeness (QED) is 0.907. The lowest BCUT2D eigenvalue weighted by Gasteiger charge is -2.27. The molecule has 1 aromatic rings. The van der Waals surface area contributed by atoms with Gasteiger partial charge in [-0.15, -0.1) is 0 Å². The van der Waals surface area contributed by atoms with Gasteiger partial charge in [-0.05, 0) is 31.0 Å². The van der Waals surface area contributed by atoms with E-state index in [1.54, 1.807) is 6.07 Å². The van der Waals surface area contributed by atoms with Crippen molar-refractivity contribution in [1.82, 2.24) is 0 Å². The molecule has 1 atom stereocenters. The zero-order chi connectivity index (χ0) is 14.0. The Kier molecular flexibility index (Phi) is 4.11. The lowest BCUT2D eigenvalue weighted by molar-refractivity contribution is -0.180. The van der Waals surface area contributed by atoms with Crippen LogP contribution in [-0.2, 0) is 6.42 Å². The normalized spacial score (nSPS) is 15.1. The fraction of sp³-hybridized carbons (Fsp3) is 0.500. The van der Waals surface area contributed by atoms with E-state index in [4.69, 9.17) is 15.2 Å². The highest BCUT2D eigenvalue weighted by Crippen LogP contribution is 2.33. The molecule has 1 aromatic carbocycles. The van der Waals surface area contributed by atoms with Crippen molar-refractivity contribution in [3.05, 3.63) is 23.8 Å². The first-order valence-corrected chi connectivity index (χ1v) is 5.28. The van der Waals surface area contributed by atoms with Crippen molar-refractivity contribution in [2.75, 3.05) is 14.2 Å². The van der Waals surface area contributed by atoms with Crippen LogP contribution in [0.5, 0.6) is 11.5 Å². The van der Waals surface area contributed by atoms with Crippen LogP contribution in [0, 0.1) is 0 Å². The van der Waals surface area contributed by atoms with E-state index < -0.39 is 11.7 Å². The van der Waals surface area contributed by atoms with Gasteiger partial charge in [0.05, 0.1) is 14.2 Å². The van der Waals surface area contributed by atoms with E-state index in [-0.39, 0.29) is 6.42 Å². The second-order valence-electron chi connectivity index (χ2n) is 4.28. The minimum Gasteiger partial charge on any atom is -0.493 e. The molecule has 6 heteroatoms. The molecule has 0 aliphatic heterocycles. The van der Waals surface area contributed by atoms with Crippen LogP contribution in [0.25, 0.3) is 0 Å². The minimum absolute atomic E-state index is 0.323. The van der Waals surface area contributed by atoms with Crippen molar-refractivity contribution in [3.8, 4) is 11.5 Å². The molecule has 0 saturated heterocycles. The summed E-state index contributed by atoms with van der Waals surface area (Å²) in [5, 5.41) is 0. The highest BCUT2D eigenvalue weighted by molar-refractivity contribution is 5.43. The maximum atomic E-state index is 12.7. The summed E-state index contributed by atoms with van der Waals surface area (Å²) < 4.78 is 48.0. The molecule has 0 radical (unpaired) electrons. The summed E-state index contributed by atoms with van der Waals surface area (Å²) in [7, 11) is 2.88. The topological polar surface area (TPSA) is 44.5 Å². The molecule has 0 aliphatic carbocycles. The maximum Gasteiger partial charge on any atom is 0.406 e. The summed E-state index contributed by atoms with van der Waals surface area (Å²) in [6.07, 6.45) is -4.78. The SMILES string of the molecule is COc1ccc(CC(C)(N)C(F)(F)F)cc1OC. The number of hydrogen-bond donors (Lipinski definition) is 1. The molecule has 2 N–H and O–H groups in total. The monoisotopic (exact) mass is 263 g/mol. The summed E-state index contributed by atoms with van der Waals surface area (Å²) in [6, 6.07) is 4.59. The molecule has 1 rings (SSSR count). The fourth-order valence-electron chi connectivity index (χ4n) is 1.51. The van der Waals surface area contributed by atoms with Gasteiger partial charge < -0.3 is 15.2 Å². The molecule has 0 saturated carbocycles. The number of halogens is 3. The van der Waals surface area contributed by atoms with Crippen molar-refractivity contribution >= 4 is 0 Å². The number of alkyl halides is 3. The average Bonchev–Trinajstić information content (AvgIpc) is 2.26. The van der Waals surface area contributed by atoms with E-state index in [1.165, 1.54) is 26.4 Å². The van der Waals surface area contributed by atoms with Crippen LogP contribution >= 0.6 is 0 Å². The van der Waals surface area contributed by atoms with Crippen molar-refractivity contribution in [1.29, 1.82) is 0 Å². The van der Waals surface area contributed by atoms with Crippen LogP contribution in [0.1, 0.15) is 12.5 Å². The molecule has 3 nitrogen and oxygen atoms in total. The molecule has 0 amide bonds. The molecule has 1 unspecified atom stereocenters. The maximum absolute atomic E-state index is 12.7. The van der Waals surface area contributed by atoms with Gasteiger partial charge in [-0.1, -0.05) is 6.07 Å². The third-order valence-electron chi connectivity index (χ3n) is 2.67. The van der Waals surface area contributed by atoms with Gasteiger partial charge in [0.25, 0.3) is 0 Å². The number of ether oxygens (including phenoxy) is 2. The van der Waals surface area contributed by atoms with Gasteiger partial charge in [0.15, 0.2) is 11.5 Å². The van der Waals surface area contributed by atoms with Gasteiger partial charge in [-0.2, -0.15) is 13.2 Å². The molecule has 102 valence electrons. The summed E-state index contributed by atoms with van der Waals surface area (Å²) >= 11 is 0.